The number of carbonyl (C=O) groups is 1. The van der Waals surface area contributed by atoms with E-state index in [9.17, 15) is 9.18 Å². The summed E-state index contributed by atoms with van der Waals surface area (Å²) >= 11 is 5.89. The Morgan fingerprint density at radius 3 is 2.41 bits per heavy atom. The van der Waals surface area contributed by atoms with E-state index in [0.29, 0.717) is 23.5 Å². The molecule has 0 unspecified atom stereocenters. The summed E-state index contributed by atoms with van der Waals surface area (Å²) in [6.45, 7) is 0.388. The zero-order valence-corrected chi connectivity index (χ0v) is 12.2. The predicted octanol–water partition coefficient (Wildman–Crippen LogP) is 3.60. The van der Waals surface area contributed by atoms with E-state index >= 15 is 0 Å². The first-order valence-electron chi connectivity index (χ1n) is 6.56. The second-order valence-corrected chi connectivity index (χ2v) is 5.17. The number of nitrogens with zero attached hydrogens (tertiary/aromatic N) is 3. The van der Waals surface area contributed by atoms with Crippen LogP contribution in [0.1, 0.15) is 16.1 Å². The highest BCUT2D eigenvalue weighted by Gasteiger charge is 2.14. The number of aldehydes is 1. The monoisotopic (exact) mass is 315 g/mol. The van der Waals surface area contributed by atoms with Gasteiger partial charge in [0.1, 0.15) is 5.82 Å². The first kappa shape index (κ1) is 14.4. The zero-order valence-electron chi connectivity index (χ0n) is 11.4. The summed E-state index contributed by atoms with van der Waals surface area (Å²) in [6.07, 6.45) is 0.665. The Bertz CT molecular complexity index is 797. The number of halogens is 2. The Morgan fingerprint density at radius 2 is 1.77 bits per heavy atom. The van der Waals surface area contributed by atoms with Gasteiger partial charge in [0.2, 0.25) is 0 Å². The van der Waals surface area contributed by atoms with Crippen molar-refractivity contribution in [2.24, 2.45) is 0 Å². The minimum absolute atomic E-state index is 0.254. The van der Waals surface area contributed by atoms with Gasteiger partial charge in [-0.25, -0.2) is 9.07 Å². The van der Waals surface area contributed by atoms with Crippen LogP contribution < -0.4 is 0 Å². The smallest absolute Gasteiger partial charge is 0.172 e. The lowest BCUT2D eigenvalue weighted by atomic mass is 10.1. The van der Waals surface area contributed by atoms with E-state index in [-0.39, 0.29) is 11.5 Å². The topological polar surface area (TPSA) is 47.8 Å². The Balaban J connectivity index is 2.01. The Morgan fingerprint density at radius 1 is 1.09 bits per heavy atom. The number of hydrogen-bond donors (Lipinski definition) is 0. The quantitative estimate of drug-likeness (QED) is 0.691. The highest BCUT2D eigenvalue weighted by atomic mass is 35.5. The first-order chi connectivity index (χ1) is 10.7. The summed E-state index contributed by atoms with van der Waals surface area (Å²) in [5, 5.41) is 8.50. The molecule has 0 atom stereocenters. The lowest BCUT2D eigenvalue weighted by Gasteiger charge is -2.07. The van der Waals surface area contributed by atoms with E-state index in [1.165, 1.54) is 12.1 Å². The highest BCUT2D eigenvalue weighted by molar-refractivity contribution is 6.30. The molecule has 2 aromatic carbocycles. The maximum Gasteiger partial charge on any atom is 0.172 e. The van der Waals surface area contributed by atoms with Crippen molar-refractivity contribution in [3.05, 3.63) is 70.6 Å². The fourth-order valence-corrected chi connectivity index (χ4v) is 2.31. The molecule has 0 aliphatic carbocycles. The molecule has 0 saturated carbocycles. The van der Waals surface area contributed by atoms with Gasteiger partial charge in [0.05, 0.1) is 12.2 Å². The van der Waals surface area contributed by atoms with E-state index in [0.717, 1.165) is 11.1 Å². The van der Waals surface area contributed by atoms with Gasteiger partial charge >= 0.3 is 0 Å². The molecule has 0 spiro atoms. The SMILES string of the molecule is O=Cc1nnn(Cc2ccc(F)cc2)c1-c1ccc(Cl)cc1. The van der Waals surface area contributed by atoms with Gasteiger partial charge in [-0.15, -0.1) is 5.10 Å². The molecule has 0 N–H and O–H groups in total. The van der Waals surface area contributed by atoms with Crippen LogP contribution in [0.3, 0.4) is 0 Å². The van der Waals surface area contributed by atoms with E-state index in [4.69, 9.17) is 11.6 Å². The van der Waals surface area contributed by atoms with Gasteiger partial charge in [0.25, 0.3) is 0 Å². The van der Waals surface area contributed by atoms with E-state index in [1.54, 1.807) is 41.1 Å². The van der Waals surface area contributed by atoms with Gasteiger partial charge in [0, 0.05) is 10.6 Å². The average molecular weight is 316 g/mol. The summed E-state index contributed by atoms with van der Waals surface area (Å²) < 4.78 is 14.6. The van der Waals surface area contributed by atoms with Crippen LogP contribution in [0.4, 0.5) is 4.39 Å². The third-order valence-electron chi connectivity index (χ3n) is 3.24. The van der Waals surface area contributed by atoms with Gasteiger partial charge in [-0.3, -0.25) is 4.79 Å². The molecular weight excluding hydrogens is 305 g/mol. The molecule has 0 radical (unpaired) electrons. The normalized spacial score (nSPS) is 10.6. The third-order valence-corrected chi connectivity index (χ3v) is 3.49. The molecule has 1 aromatic heterocycles. The molecule has 110 valence electrons. The molecule has 0 aliphatic heterocycles. The Hall–Kier alpha value is -2.53. The molecule has 3 aromatic rings. The molecule has 6 heteroatoms. The van der Waals surface area contributed by atoms with Crippen molar-refractivity contribution in [1.82, 2.24) is 15.0 Å². The van der Waals surface area contributed by atoms with Crippen molar-refractivity contribution in [1.29, 1.82) is 0 Å². The van der Waals surface area contributed by atoms with Crippen molar-refractivity contribution in [3.8, 4) is 11.3 Å². The molecular formula is C16H11ClFN3O. The van der Waals surface area contributed by atoms with Crippen molar-refractivity contribution >= 4 is 17.9 Å². The summed E-state index contributed by atoms with van der Waals surface area (Å²) in [5.41, 5.74) is 2.51. The standard InChI is InChI=1S/C16H11ClFN3O/c17-13-5-3-12(4-6-13)16-15(10-22)19-20-21(16)9-11-1-7-14(18)8-2-11/h1-8,10H,9H2. The number of carbonyl (C=O) groups excluding carboxylic acids is 1. The van der Waals surface area contributed by atoms with Gasteiger partial charge in [-0.05, 0) is 29.8 Å². The molecule has 0 aliphatic rings. The molecule has 0 saturated heterocycles. The maximum absolute atomic E-state index is 13.0. The lowest BCUT2D eigenvalue weighted by molar-refractivity contribution is 0.111. The number of benzene rings is 2. The highest BCUT2D eigenvalue weighted by Crippen LogP contribution is 2.24. The zero-order chi connectivity index (χ0) is 15.5. The molecule has 3 rings (SSSR count). The minimum Gasteiger partial charge on any atom is -0.296 e. The van der Waals surface area contributed by atoms with Crippen LogP contribution in [-0.2, 0) is 6.54 Å². The van der Waals surface area contributed by atoms with Crippen LogP contribution >= 0.6 is 11.6 Å². The lowest BCUT2D eigenvalue weighted by Crippen LogP contribution is -2.04. The van der Waals surface area contributed by atoms with Crippen molar-refractivity contribution in [2.45, 2.75) is 6.54 Å². The van der Waals surface area contributed by atoms with E-state index < -0.39 is 0 Å². The molecule has 0 fully saturated rings. The van der Waals surface area contributed by atoms with Crippen molar-refractivity contribution in [2.75, 3.05) is 0 Å². The number of hydrogen-bond acceptors (Lipinski definition) is 3. The van der Waals surface area contributed by atoms with Crippen LogP contribution in [0.25, 0.3) is 11.3 Å². The van der Waals surface area contributed by atoms with Crippen LogP contribution in [-0.4, -0.2) is 21.3 Å². The first-order valence-corrected chi connectivity index (χ1v) is 6.94. The second kappa shape index (κ2) is 6.07. The fourth-order valence-electron chi connectivity index (χ4n) is 2.18. The fraction of sp³-hybridized carbons (Fsp3) is 0.0625. The molecule has 1 heterocycles. The Kier molecular flexibility index (Phi) is 3.98. The minimum atomic E-state index is -0.297. The molecule has 4 nitrogen and oxygen atoms in total. The summed E-state index contributed by atoms with van der Waals surface area (Å²) in [4.78, 5) is 11.2. The number of rotatable bonds is 4. The van der Waals surface area contributed by atoms with Crippen molar-refractivity contribution < 1.29 is 9.18 Å². The van der Waals surface area contributed by atoms with Gasteiger partial charge < -0.3 is 0 Å². The van der Waals surface area contributed by atoms with Crippen LogP contribution in [0, 0.1) is 5.82 Å². The van der Waals surface area contributed by atoms with Crippen LogP contribution in [0.15, 0.2) is 48.5 Å². The van der Waals surface area contributed by atoms with Gasteiger partial charge in [-0.1, -0.05) is 41.1 Å². The van der Waals surface area contributed by atoms with E-state index in [2.05, 4.69) is 10.3 Å². The second-order valence-electron chi connectivity index (χ2n) is 4.73. The van der Waals surface area contributed by atoms with Crippen molar-refractivity contribution in [3.63, 3.8) is 0 Å². The van der Waals surface area contributed by atoms with Gasteiger partial charge in [-0.2, -0.15) is 0 Å². The van der Waals surface area contributed by atoms with Crippen LogP contribution in [0.2, 0.25) is 5.02 Å². The number of aromatic nitrogens is 3. The molecule has 0 amide bonds. The average Bonchev–Trinajstić information content (AvgIpc) is 2.93. The molecule has 22 heavy (non-hydrogen) atoms. The third kappa shape index (κ3) is 2.89. The maximum atomic E-state index is 13.0. The van der Waals surface area contributed by atoms with E-state index in [1.807, 2.05) is 0 Å². The Labute approximate surface area is 131 Å². The summed E-state index contributed by atoms with van der Waals surface area (Å²) in [7, 11) is 0. The largest absolute Gasteiger partial charge is 0.296 e. The molecule has 0 bridgehead atoms. The summed E-state index contributed by atoms with van der Waals surface area (Å²) in [5.74, 6) is -0.297. The van der Waals surface area contributed by atoms with Crippen LogP contribution in [0.5, 0.6) is 0 Å². The predicted molar refractivity (Wildman–Crippen MR) is 81.4 cm³/mol. The summed E-state index contributed by atoms with van der Waals surface area (Å²) in [6, 6.07) is 13.2. The van der Waals surface area contributed by atoms with Gasteiger partial charge in [0.15, 0.2) is 12.0 Å².